The normalized spacial score (nSPS) is 13.7. The zero-order chi connectivity index (χ0) is 14.3. The Morgan fingerprint density at radius 2 is 2.21 bits per heavy atom. The number of halogens is 3. The van der Waals surface area contributed by atoms with Gasteiger partial charge < -0.3 is 14.4 Å². The van der Waals surface area contributed by atoms with E-state index in [1.807, 2.05) is 17.7 Å². The number of hydrogen-bond acceptors (Lipinski definition) is 3. The van der Waals surface area contributed by atoms with Crippen molar-refractivity contribution in [1.82, 2.24) is 9.55 Å². The maximum absolute atomic E-state index is 11.8. The van der Waals surface area contributed by atoms with Gasteiger partial charge in [-0.25, -0.2) is 4.98 Å². The predicted octanol–water partition coefficient (Wildman–Crippen LogP) is 2.17. The molecule has 19 heavy (non-hydrogen) atoms. The first-order valence-electron chi connectivity index (χ1n) is 6.25. The molecule has 0 aliphatic heterocycles. The predicted molar refractivity (Wildman–Crippen MR) is 63.7 cm³/mol. The molecule has 1 aromatic heterocycles. The Bertz CT molecular complexity index is 366. The van der Waals surface area contributed by atoms with Gasteiger partial charge in [-0.05, 0) is 12.8 Å². The summed E-state index contributed by atoms with van der Waals surface area (Å²) in [4.78, 5) is 4.12. The van der Waals surface area contributed by atoms with Crippen LogP contribution in [0.25, 0.3) is 0 Å². The molecule has 1 atom stereocenters. The number of rotatable bonds is 8. The zero-order valence-corrected chi connectivity index (χ0v) is 10.9. The highest BCUT2D eigenvalue weighted by atomic mass is 19.4. The molecule has 0 spiro atoms. The summed E-state index contributed by atoms with van der Waals surface area (Å²) in [6, 6.07) is 0. The summed E-state index contributed by atoms with van der Waals surface area (Å²) in [6.07, 6.45) is -0.149. The molecule has 4 nitrogen and oxygen atoms in total. The van der Waals surface area contributed by atoms with Gasteiger partial charge in [0, 0.05) is 32.0 Å². The minimum Gasteiger partial charge on any atom is -0.393 e. The molecule has 7 heteroatoms. The second-order valence-corrected chi connectivity index (χ2v) is 4.35. The summed E-state index contributed by atoms with van der Waals surface area (Å²) in [5.41, 5.74) is 0. The van der Waals surface area contributed by atoms with Gasteiger partial charge in [-0.2, -0.15) is 13.2 Å². The smallest absolute Gasteiger partial charge is 0.393 e. The van der Waals surface area contributed by atoms with Gasteiger partial charge in [0.15, 0.2) is 0 Å². The molecule has 1 N–H and O–H groups in total. The van der Waals surface area contributed by atoms with Crippen molar-refractivity contribution in [1.29, 1.82) is 0 Å². The highest BCUT2D eigenvalue weighted by molar-refractivity contribution is 4.94. The van der Waals surface area contributed by atoms with Gasteiger partial charge in [-0.15, -0.1) is 0 Å². The van der Waals surface area contributed by atoms with Crippen molar-refractivity contribution in [2.75, 3.05) is 13.2 Å². The van der Waals surface area contributed by atoms with E-state index in [2.05, 4.69) is 9.72 Å². The minimum absolute atomic E-state index is 0.116. The molecule has 0 radical (unpaired) electrons. The van der Waals surface area contributed by atoms with E-state index in [1.54, 1.807) is 6.20 Å². The number of ether oxygens (including phenoxy) is 1. The van der Waals surface area contributed by atoms with Crippen molar-refractivity contribution >= 4 is 0 Å². The lowest BCUT2D eigenvalue weighted by Gasteiger charge is -2.13. The third-order valence-corrected chi connectivity index (χ3v) is 2.55. The molecule has 1 heterocycles. The Labute approximate surface area is 110 Å². The number of aryl methyl sites for hydroxylation is 1. The topological polar surface area (TPSA) is 47.3 Å². The van der Waals surface area contributed by atoms with Gasteiger partial charge in [0.25, 0.3) is 0 Å². The molecule has 0 aromatic carbocycles. The average molecular weight is 280 g/mol. The largest absolute Gasteiger partial charge is 0.411 e. The Balaban J connectivity index is 2.27. The van der Waals surface area contributed by atoms with Crippen molar-refractivity contribution in [3.05, 3.63) is 18.2 Å². The van der Waals surface area contributed by atoms with E-state index in [0.717, 1.165) is 18.8 Å². The van der Waals surface area contributed by atoms with Crippen LogP contribution in [-0.2, 0) is 17.7 Å². The number of hydrogen-bond donors (Lipinski definition) is 1. The standard InChI is InChI=1S/C12H19F3N2O2/c1-2-5-17-6-4-16-11(17)8-10(18)3-7-19-9-12(13,14)15/h4,6,10,18H,2-3,5,7-9H2,1H3. The molecule has 1 unspecified atom stereocenters. The van der Waals surface area contributed by atoms with E-state index in [9.17, 15) is 18.3 Å². The van der Waals surface area contributed by atoms with E-state index in [4.69, 9.17) is 0 Å². The molecule has 0 bridgehead atoms. The fourth-order valence-corrected chi connectivity index (χ4v) is 1.69. The zero-order valence-electron chi connectivity index (χ0n) is 10.9. The number of alkyl halides is 3. The van der Waals surface area contributed by atoms with E-state index >= 15 is 0 Å². The quantitative estimate of drug-likeness (QED) is 0.742. The van der Waals surface area contributed by atoms with Gasteiger partial charge in [-0.3, -0.25) is 0 Å². The molecule has 0 aliphatic carbocycles. The van der Waals surface area contributed by atoms with Crippen molar-refractivity contribution in [3.63, 3.8) is 0 Å². The van der Waals surface area contributed by atoms with E-state index < -0.39 is 18.9 Å². The Morgan fingerprint density at radius 1 is 1.47 bits per heavy atom. The minimum atomic E-state index is -4.32. The summed E-state index contributed by atoms with van der Waals surface area (Å²) >= 11 is 0. The Kier molecular flexibility index (Phi) is 6.30. The highest BCUT2D eigenvalue weighted by Crippen LogP contribution is 2.14. The third kappa shape index (κ3) is 6.58. The Hall–Kier alpha value is -1.08. The monoisotopic (exact) mass is 280 g/mol. The fourth-order valence-electron chi connectivity index (χ4n) is 1.69. The molecule has 0 aliphatic rings. The van der Waals surface area contributed by atoms with Crippen molar-refractivity contribution in [2.24, 2.45) is 0 Å². The van der Waals surface area contributed by atoms with E-state index in [-0.39, 0.29) is 13.0 Å². The highest BCUT2D eigenvalue weighted by Gasteiger charge is 2.27. The van der Waals surface area contributed by atoms with Gasteiger partial charge >= 0.3 is 6.18 Å². The SMILES string of the molecule is CCCn1ccnc1CC(O)CCOCC(F)(F)F. The fraction of sp³-hybridized carbons (Fsp3) is 0.750. The third-order valence-electron chi connectivity index (χ3n) is 2.55. The molecule has 1 aromatic rings. The summed E-state index contributed by atoms with van der Waals surface area (Å²) < 4.78 is 41.9. The van der Waals surface area contributed by atoms with Crippen LogP contribution in [-0.4, -0.2) is 40.2 Å². The lowest BCUT2D eigenvalue weighted by molar-refractivity contribution is -0.175. The van der Waals surface area contributed by atoms with Crippen LogP contribution in [0.15, 0.2) is 12.4 Å². The Morgan fingerprint density at radius 3 is 2.84 bits per heavy atom. The number of nitrogens with zero attached hydrogens (tertiary/aromatic N) is 2. The second kappa shape index (κ2) is 7.49. The lowest BCUT2D eigenvalue weighted by atomic mass is 10.2. The second-order valence-electron chi connectivity index (χ2n) is 4.35. The van der Waals surface area contributed by atoms with Crippen LogP contribution < -0.4 is 0 Å². The lowest BCUT2D eigenvalue weighted by Crippen LogP contribution is -2.21. The molecular formula is C12H19F3N2O2. The summed E-state index contributed by atoms with van der Waals surface area (Å²) in [7, 11) is 0. The number of aliphatic hydroxyl groups is 1. The maximum Gasteiger partial charge on any atom is 0.411 e. The molecule has 0 saturated heterocycles. The molecule has 1 rings (SSSR count). The number of aromatic nitrogens is 2. The van der Waals surface area contributed by atoms with Crippen LogP contribution in [0.5, 0.6) is 0 Å². The van der Waals surface area contributed by atoms with Gasteiger partial charge in [0.2, 0.25) is 0 Å². The maximum atomic E-state index is 11.8. The van der Waals surface area contributed by atoms with Gasteiger partial charge in [0.05, 0.1) is 6.10 Å². The molecule has 0 fully saturated rings. The van der Waals surface area contributed by atoms with Gasteiger partial charge in [0.1, 0.15) is 12.4 Å². The van der Waals surface area contributed by atoms with Crippen LogP contribution >= 0.6 is 0 Å². The van der Waals surface area contributed by atoms with Crippen LogP contribution in [0.4, 0.5) is 13.2 Å². The first-order valence-corrected chi connectivity index (χ1v) is 6.25. The first-order chi connectivity index (χ1) is 8.92. The average Bonchev–Trinajstić information content (AvgIpc) is 2.72. The van der Waals surface area contributed by atoms with E-state index in [0.29, 0.717) is 6.42 Å². The summed E-state index contributed by atoms with van der Waals surface area (Å²) in [5.74, 6) is 0.741. The van der Waals surface area contributed by atoms with E-state index in [1.165, 1.54) is 0 Å². The molecule has 0 saturated carbocycles. The molecule has 0 amide bonds. The van der Waals surface area contributed by atoms with Crippen molar-refractivity contribution in [3.8, 4) is 0 Å². The van der Waals surface area contributed by atoms with Crippen LogP contribution in [0, 0.1) is 0 Å². The number of imidazole rings is 1. The van der Waals surface area contributed by atoms with Gasteiger partial charge in [-0.1, -0.05) is 6.92 Å². The summed E-state index contributed by atoms with van der Waals surface area (Å²) in [6.45, 7) is 1.46. The molecular weight excluding hydrogens is 261 g/mol. The van der Waals surface area contributed by atoms with Crippen LogP contribution in [0.3, 0.4) is 0 Å². The van der Waals surface area contributed by atoms with Crippen molar-refractivity contribution < 1.29 is 23.0 Å². The summed E-state index contributed by atoms with van der Waals surface area (Å²) in [5, 5.41) is 9.73. The van der Waals surface area contributed by atoms with Crippen molar-refractivity contribution in [2.45, 2.75) is 45.0 Å². The molecule has 110 valence electrons. The van der Waals surface area contributed by atoms with Crippen LogP contribution in [0.1, 0.15) is 25.6 Å². The number of aliphatic hydroxyl groups excluding tert-OH is 1. The van der Waals surface area contributed by atoms with Crippen LogP contribution in [0.2, 0.25) is 0 Å². The first kappa shape index (κ1) is 16.0.